The van der Waals surface area contributed by atoms with Gasteiger partial charge >= 0.3 is 0 Å². The topological polar surface area (TPSA) is 88.5 Å². The summed E-state index contributed by atoms with van der Waals surface area (Å²) in [7, 11) is 2.13. The van der Waals surface area contributed by atoms with Crippen molar-refractivity contribution in [3.63, 3.8) is 0 Å². The molecule has 1 atom stereocenters. The molecule has 7 heteroatoms. The van der Waals surface area contributed by atoms with E-state index in [2.05, 4.69) is 27.5 Å². The fourth-order valence-corrected chi connectivity index (χ4v) is 3.27. The standard InChI is InChI=1S/C21H31N5O2/c1-16(2)13-19(21(28)23-8-7-22)24-20(27)18-6-4-5-17(14-18)15-26-11-9-25(3)10-12-26/h4-6,14,16,19H,8-13,15H2,1-3H3,(H,23,28)(H,24,27). The van der Waals surface area contributed by atoms with E-state index in [1.807, 2.05) is 38.1 Å². The highest BCUT2D eigenvalue weighted by Crippen LogP contribution is 2.12. The van der Waals surface area contributed by atoms with Crippen LogP contribution < -0.4 is 10.6 Å². The SMILES string of the molecule is CC(C)CC(NC(=O)c1cccc(CN2CCN(C)CC2)c1)C(=O)NCC#N. The summed E-state index contributed by atoms with van der Waals surface area (Å²) in [5, 5.41) is 14.0. The Labute approximate surface area is 167 Å². The lowest BCUT2D eigenvalue weighted by Gasteiger charge is -2.32. The van der Waals surface area contributed by atoms with Gasteiger partial charge in [-0.3, -0.25) is 14.5 Å². The van der Waals surface area contributed by atoms with Crippen molar-refractivity contribution < 1.29 is 9.59 Å². The maximum absolute atomic E-state index is 12.7. The number of benzene rings is 1. The van der Waals surface area contributed by atoms with Gasteiger partial charge in [-0.2, -0.15) is 5.26 Å². The van der Waals surface area contributed by atoms with Gasteiger partial charge in [-0.15, -0.1) is 0 Å². The van der Waals surface area contributed by atoms with Crippen molar-refractivity contribution in [2.24, 2.45) is 5.92 Å². The first kappa shape index (κ1) is 21.9. The largest absolute Gasteiger partial charge is 0.341 e. The van der Waals surface area contributed by atoms with E-state index in [4.69, 9.17) is 5.26 Å². The third-order valence-corrected chi connectivity index (χ3v) is 4.86. The number of nitrogens with one attached hydrogen (secondary N) is 2. The molecule has 1 saturated heterocycles. The molecule has 0 saturated carbocycles. The molecule has 152 valence electrons. The predicted octanol–water partition coefficient (Wildman–Crippen LogP) is 1.22. The molecule has 2 N–H and O–H groups in total. The fourth-order valence-electron chi connectivity index (χ4n) is 3.27. The summed E-state index contributed by atoms with van der Waals surface area (Å²) in [5.74, 6) is -0.350. The van der Waals surface area contributed by atoms with E-state index in [1.165, 1.54) is 0 Å². The highest BCUT2D eigenvalue weighted by Gasteiger charge is 2.22. The minimum Gasteiger partial charge on any atom is -0.341 e. The number of rotatable bonds is 8. The molecule has 2 amide bonds. The summed E-state index contributed by atoms with van der Waals surface area (Å²) in [5.41, 5.74) is 1.64. The maximum atomic E-state index is 12.7. The lowest BCUT2D eigenvalue weighted by molar-refractivity contribution is -0.123. The monoisotopic (exact) mass is 385 g/mol. The fraction of sp³-hybridized carbons (Fsp3) is 0.571. The van der Waals surface area contributed by atoms with Crippen LogP contribution in [0.5, 0.6) is 0 Å². The lowest BCUT2D eigenvalue weighted by Crippen LogP contribution is -2.47. The normalized spacial score (nSPS) is 16.4. The van der Waals surface area contributed by atoms with Gasteiger partial charge in [-0.05, 0) is 37.1 Å². The number of amides is 2. The molecule has 0 aromatic heterocycles. The van der Waals surface area contributed by atoms with Crippen molar-refractivity contribution in [3.05, 3.63) is 35.4 Å². The van der Waals surface area contributed by atoms with Crippen LogP contribution >= 0.6 is 0 Å². The third-order valence-electron chi connectivity index (χ3n) is 4.86. The van der Waals surface area contributed by atoms with Gasteiger partial charge in [0.15, 0.2) is 0 Å². The number of hydrogen-bond acceptors (Lipinski definition) is 5. The quantitative estimate of drug-likeness (QED) is 0.657. The van der Waals surface area contributed by atoms with Crippen LogP contribution in [0.15, 0.2) is 24.3 Å². The van der Waals surface area contributed by atoms with Crippen LogP contribution in [0, 0.1) is 17.2 Å². The number of carbonyl (C=O) groups excluding carboxylic acids is 2. The molecular weight excluding hydrogens is 354 g/mol. The predicted molar refractivity (Wildman–Crippen MR) is 109 cm³/mol. The van der Waals surface area contributed by atoms with Crippen molar-refractivity contribution in [3.8, 4) is 6.07 Å². The minimum absolute atomic E-state index is 0.0657. The molecule has 0 bridgehead atoms. The molecule has 1 aliphatic rings. The van der Waals surface area contributed by atoms with Gasteiger partial charge in [0, 0.05) is 38.3 Å². The van der Waals surface area contributed by atoms with E-state index in [0.29, 0.717) is 12.0 Å². The summed E-state index contributed by atoms with van der Waals surface area (Å²) in [4.78, 5) is 29.7. The van der Waals surface area contributed by atoms with E-state index in [9.17, 15) is 9.59 Å². The number of carbonyl (C=O) groups is 2. The Morgan fingerprint density at radius 2 is 1.93 bits per heavy atom. The van der Waals surface area contributed by atoms with Gasteiger partial charge in [-0.25, -0.2) is 0 Å². The Morgan fingerprint density at radius 3 is 2.57 bits per heavy atom. The van der Waals surface area contributed by atoms with Crippen LogP contribution in [0.25, 0.3) is 0 Å². The molecule has 0 radical (unpaired) electrons. The second-order valence-corrected chi connectivity index (χ2v) is 7.81. The van der Waals surface area contributed by atoms with Crippen LogP contribution in [-0.4, -0.2) is 67.4 Å². The maximum Gasteiger partial charge on any atom is 0.251 e. The van der Waals surface area contributed by atoms with E-state index >= 15 is 0 Å². The smallest absolute Gasteiger partial charge is 0.251 e. The molecular formula is C21H31N5O2. The first-order valence-corrected chi connectivity index (χ1v) is 9.84. The Bertz CT molecular complexity index is 705. The number of likely N-dealkylation sites (N-methyl/N-ethyl adjacent to an activating group) is 1. The Kier molecular flexibility index (Phi) is 8.42. The highest BCUT2D eigenvalue weighted by molar-refractivity contribution is 5.97. The van der Waals surface area contributed by atoms with Gasteiger partial charge in [0.25, 0.3) is 5.91 Å². The van der Waals surface area contributed by atoms with Crippen LogP contribution in [-0.2, 0) is 11.3 Å². The van der Waals surface area contributed by atoms with Gasteiger partial charge in [0.2, 0.25) is 5.91 Å². The summed E-state index contributed by atoms with van der Waals surface area (Å²) in [6, 6.07) is 8.81. The molecule has 1 aromatic carbocycles. The van der Waals surface area contributed by atoms with E-state index in [1.54, 1.807) is 6.07 Å². The van der Waals surface area contributed by atoms with E-state index < -0.39 is 6.04 Å². The second-order valence-electron chi connectivity index (χ2n) is 7.81. The van der Waals surface area contributed by atoms with Gasteiger partial charge < -0.3 is 15.5 Å². The van der Waals surface area contributed by atoms with Crippen LogP contribution in [0.1, 0.15) is 36.2 Å². The molecule has 1 unspecified atom stereocenters. The average Bonchev–Trinajstić information content (AvgIpc) is 2.67. The van der Waals surface area contributed by atoms with Gasteiger partial charge in [-0.1, -0.05) is 26.0 Å². The number of nitriles is 1. The zero-order valence-corrected chi connectivity index (χ0v) is 17.1. The summed E-state index contributed by atoms with van der Waals surface area (Å²) >= 11 is 0. The zero-order chi connectivity index (χ0) is 20.5. The molecule has 28 heavy (non-hydrogen) atoms. The van der Waals surface area contributed by atoms with Crippen molar-refractivity contribution in [1.29, 1.82) is 5.26 Å². The molecule has 2 rings (SSSR count). The molecule has 7 nitrogen and oxygen atoms in total. The van der Waals surface area contributed by atoms with Crippen molar-refractivity contribution in [2.75, 3.05) is 39.8 Å². The van der Waals surface area contributed by atoms with Crippen LogP contribution in [0.3, 0.4) is 0 Å². The third kappa shape index (κ3) is 6.95. The molecule has 1 aromatic rings. The first-order valence-electron chi connectivity index (χ1n) is 9.84. The lowest BCUT2D eigenvalue weighted by atomic mass is 10.0. The van der Waals surface area contributed by atoms with Gasteiger partial charge in [0.1, 0.15) is 12.6 Å². The highest BCUT2D eigenvalue weighted by atomic mass is 16.2. The van der Waals surface area contributed by atoms with Gasteiger partial charge in [0.05, 0.1) is 6.07 Å². The van der Waals surface area contributed by atoms with Crippen molar-refractivity contribution in [2.45, 2.75) is 32.9 Å². The number of piperazine rings is 1. The number of hydrogen-bond donors (Lipinski definition) is 2. The first-order chi connectivity index (χ1) is 13.4. The number of nitrogens with zero attached hydrogens (tertiary/aromatic N) is 3. The molecule has 0 spiro atoms. The van der Waals surface area contributed by atoms with Crippen LogP contribution in [0.4, 0.5) is 0 Å². The Morgan fingerprint density at radius 1 is 1.21 bits per heavy atom. The zero-order valence-electron chi connectivity index (χ0n) is 17.1. The molecule has 1 aliphatic heterocycles. The molecule has 1 heterocycles. The van der Waals surface area contributed by atoms with Crippen molar-refractivity contribution >= 4 is 11.8 Å². The Balaban J connectivity index is 2.01. The molecule has 0 aliphatic carbocycles. The Hall–Kier alpha value is -2.43. The van der Waals surface area contributed by atoms with E-state index in [0.717, 1.165) is 38.3 Å². The average molecular weight is 386 g/mol. The summed E-state index contributed by atoms with van der Waals surface area (Å²) in [6.07, 6.45) is 0.518. The minimum atomic E-state index is -0.651. The summed E-state index contributed by atoms with van der Waals surface area (Å²) in [6.45, 7) is 8.87. The molecule has 1 fully saturated rings. The second kappa shape index (κ2) is 10.8. The van der Waals surface area contributed by atoms with Crippen LogP contribution in [0.2, 0.25) is 0 Å². The summed E-state index contributed by atoms with van der Waals surface area (Å²) < 4.78 is 0. The van der Waals surface area contributed by atoms with E-state index in [-0.39, 0.29) is 24.3 Å². The van der Waals surface area contributed by atoms with Crippen molar-refractivity contribution in [1.82, 2.24) is 20.4 Å².